The summed E-state index contributed by atoms with van der Waals surface area (Å²) in [5.41, 5.74) is 1.23. The summed E-state index contributed by atoms with van der Waals surface area (Å²) in [6, 6.07) is 14.3. The Hall–Kier alpha value is -2.03. The highest BCUT2D eigenvalue weighted by Crippen LogP contribution is 2.25. The summed E-state index contributed by atoms with van der Waals surface area (Å²) >= 11 is 0. The summed E-state index contributed by atoms with van der Waals surface area (Å²) in [7, 11) is 0. The molecule has 1 aromatic heterocycles. The minimum Gasteiger partial charge on any atom is -0.490 e. The molecule has 1 unspecified atom stereocenters. The quantitative estimate of drug-likeness (QED) is 0.869. The molecule has 0 fully saturated rings. The third-order valence-corrected chi connectivity index (χ3v) is 2.72. The molecule has 1 heterocycles. The number of hydrogen-bond acceptors (Lipinski definition) is 3. The first-order chi connectivity index (χ1) is 8.81. The Bertz CT molecular complexity index is 485. The summed E-state index contributed by atoms with van der Waals surface area (Å²) in [6.07, 6.45) is 1.77. The number of benzene rings is 1. The fourth-order valence-electron chi connectivity index (χ4n) is 1.80. The highest BCUT2D eigenvalue weighted by Gasteiger charge is 2.09. The Balaban J connectivity index is 2.14. The van der Waals surface area contributed by atoms with Crippen LogP contribution in [0.25, 0.3) is 0 Å². The Morgan fingerprint density at radius 1 is 1.17 bits per heavy atom. The highest BCUT2D eigenvalue weighted by atomic mass is 16.5. The molecule has 3 heteroatoms. The van der Waals surface area contributed by atoms with Gasteiger partial charge in [-0.15, -0.1) is 0 Å². The predicted molar refractivity (Wildman–Crippen MR) is 73.9 cm³/mol. The van der Waals surface area contributed by atoms with E-state index in [1.54, 1.807) is 6.20 Å². The van der Waals surface area contributed by atoms with Crippen molar-refractivity contribution in [2.45, 2.75) is 19.9 Å². The number of pyridine rings is 1. The highest BCUT2D eigenvalue weighted by molar-refractivity contribution is 5.50. The van der Waals surface area contributed by atoms with Crippen LogP contribution in [0.4, 0.5) is 5.82 Å². The molecule has 1 aromatic carbocycles. The van der Waals surface area contributed by atoms with E-state index >= 15 is 0 Å². The summed E-state index contributed by atoms with van der Waals surface area (Å²) in [6.45, 7) is 4.72. The van der Waals surface area contributed by atoms with Gasteiger partial charge in [0.1, 0.15) is 0 Å². The standard InChI is InChI=1S/C15H18N2O/c1-3-18-14-10-7-11-16-15(14)17-12(2)13-8-5-4-6-9-13/h4-12H,3H2,1-2H3,(H,16,17). The van der Waals surface area contributed by atoms with Gasteiger partial charge in [-0.2, -0.15) is 0 Å². The van der Waals surface area contributed by atoms with Crippen LogP contribution in [0, 0.1) is 0 Å². The third kappa shape index (κ3) is 3.00. The van der Waals surface area contributed by atoms with Crippen LogP contribution in [0.2, 0.25) is 0 Å². The maximum atomic E-state index is 5.55. The first kappa shape index (κ1) is 12.4. The van der Waals surface area contributed by atoms with Crippen molar-refractivity contribution in [2.24, 2.45) is 0 Å². The summed E-state index contributed by atoms with van der Waals surface area (Å²) in [5, 5.41) is 3.38. The molecule has 2 aromatic rings. The average molecular weight is 242 g/mol. The van der Waals surface area contributed by atoms with Crippen molar-refractivity contribution in [2.75, 3.05) is 11.9 Å². The van der Waals surface area contributed by atoms with Crippen molar-refractivity contribution in [3.05, 3.63) is 54.2 Å². The number of ether oxygens (including phenoxy) is 1. The molecular formula is C15H18N2O. The molecule has 0 saturated heterocycles. The molecule has 1 N–H and O–H groups in total. The molecule has 0 aliphatic rings. The lowest BCUT2D eigenvalue weighted by Crippen LogP contribution is -2.09. The monoisotopic (exact) mass is 242 g/mol. The lowest BCUT2D eigenvalue weighted by Gasteiger charge is -2.17. The van der Waals surface area contributed by atoms with E-state index in [1.165, 1.54) is 5.56 Å². The van der Waals surface area contributed by atoms with E-state index in [1.807, 2.05) is 37.3 Å². The Morgan fingerprint density at radius 2 is 1.94 bits per heavy atom. The van der Waals surface area contributed by atoms with Crippen molar-refractivity contribution >= 4 is 5.82 Å². The topological polar surface area (TPSA) is 34.1 Å². The van der Waals surface area contributed by atoms with Crippen molar-refractivity contribution in [1.29, 1.82) is 0 Å². The van der Waals surface area contributed by atoms with E-state index in [0.717, 1.165) is 11.6 Å². The smallest absolute Gasteiger partial charge is 0.169 e. The second-order valence-corrected chi connectivity index (χ2v) is 4.06. The largest absolute Gasteiger partial charge is 0.490 e. The first-order valence-electron chi connectivity index (χ1n) is 6.20. The molecule has 18 heavy (non-hydrogen) atoms. The second kappa shape index (κ2) is 6.05. The fraction of sp³-hybridized carbons (Fsp3) is 0.267. The number of rotatable bonds is 5. The molecule has 0 aliphatic heterocycles. The molecule has 0 amide bonds. The van der Waals surface area contributed by atoms with Gasteiger partial charge in [0.05, 0.1) is 12.6 Å². The molecule has 0 aliphatic carbocycles. The zero-order valence-electron chi connectivity index (χ0n) is 10.8. The van der Waals surface area contributed by atoms with Gasteiger partial charge in [-0.3, -0.25) is 0 Å². The molecule has 2 rings (SSSR count). The molecule has 0 bridgehead atoms. The van der Waals surface area contributed by atoms with Crippen LogP contribution in [0.3, 0.4) is 0 Å². The van der Waals surface area contributed by atoms with Crippen molar-refractivity contribution < 1.29 is 4.74 Å². The third-order valence-electron chi connectivity index (χ3n) is 2.72. The molecule has 0 radical (unpaired) electrons. The van der Waals surface area contributed by atoms with E-state index in [-0.39, 0.29) is 6.04 Å². The SMILES string of the molecule is CCOc1cccnc1NC(C)c1ccccc1. The number of aromatic nitrogens is 1. The van der Waals surface area contributed by atoms with Gasteiger partial charge < -0.3 is 10.1 Å². The van der Waals surface area contributed by atoms with Gasteiger partial charge in [-0.05, 0) is 31.5 Å². The predicted octanol–water partition coefficient (Wildman–Crippen LogP) is 3.65. The molecule has 0 spiro atoms. The molecule has 94 valence electrons. The number of anilines is 1. The Labute approximate surface area is 108 Å². The number of nitrogens with one attached hydrogen (secondary N) is 1. The lowest BCUT2D eigenvalue weighted by molar-refractivity contribution is 0.340. The molecule has 3 nitrogen and oxygen atoms in total. The summed E-state index contributed by atoms with van der Waals surface area (Å²) < 4.78 is 5.55. The maximum absolute atomic E-state index is 5.55. The molecular weight excluding hydrogens is 224 g/mol. The second-order valence-electron chi connectivity index (χ2n) is 4.06. The van der Waals surface area contributed by atoms with Crippen LogP contribution in [0.15, 0.2) is 48.7 Å². The van der Waals surface area contributed by atoms with Crippen molar-refractivity contribution in [1.82, 2.24) is 4.98 Å². The van der Waals surface area contributed by atoms with E-state index in [9.17, 15) is 0 Å². The summed E-state index contributed by atoms with van der Waals surface area (Å²) in [4.78, 5) is 4.33. The minimum absolute atomic E-state index is 0.195. The van der Waals surface area contributed by atoms with Gasteiger partial charge in [0, 0.05) is 6.20 Å². The Kier molecular flexibility index (Phi) is 4.18. The van der Waals surface area contributed by atoms with Gasteiger partial charge in [-0.1, -0.05) is 30.3 Å². The Morgan fingerprint density at radius 3 is 2.67 bits per heavy atom. The lowest BCUT2D eigenvalue weighted by atomic mass is 10.1. The van der Waals surface area contributed by atoms with E-state index in [2.05, 4.69) is 29.4 Å². The van der Waals surface area contributed by atoms with E-state index < -0.39 is 0 Å². The summed E-state index contributed by atoms with van der Waals surface area (Å²) in [5.74, 6) is 1.58. The van der Waals surface area contributed by atoms with Crippen LogP contribution in [-0.4, -0.2) is 11.6 Å². The number of nitrogens with zero attached hydrogens (tertiary/aromatic N) is 1. The fourth-order valence-corrected chi connectivity index (χ4v) is 1.80. The van der Waals surface area contributed by atoms with Gasteiger partial charge in [0.2, 0.25) is 0 Å². The van der Waals surface area contributed by atoms with Gasteiger partial charge >= 0.3 is 0 Å². The van der Waals surface area contributed by atoms with Crippen molar-refractivity contribution in [3.8, 4) is 5.75 Å². The van der Waals surface area contributed by atoms with E-state index in [0.29, 0.717) is 6.61 Å². The maximum Gasteiger partial charge on any atom is 0.169 e. The van der Waals surface area contributed by atoms with Gasteiger partial charge in [0.25, 0.3) is 0 Å². The first-order valence-corrected chi connectivity index (χ1v) is 6.20. The molecule has 0 saturated carbocycles. The zero-order chi connectivity index (χ0) is 12.8. The minimum atomic E-state index is 0.195. The van der Waals surface area contributed by atoms with Crippen LogP contribution in [-0.2, 0) is 0 Å². The van der Waals surface area contributed by atoms with Gasteiger partial charge in [0.15, 0.2) is 11.6 Å². The molecule has 1 atom stereocenters. The van der Waals surface area contributed by atoms with Crippen LogP contribution < -0.4 is 10.1 Å². The van der Waals surface area contributed by atoms with Gasteiger partial charge in [-0.25, -0.2) is 4.98 Å². The van der Waals surface area contributed by atoms with Crippen molar-refractivity contribution in [3.63, 3.8) is 0 Å². The zero-order valence-corrected chi connectivity index (χ0v) is 10.8. The average Bonchev–Trinajstić information content (AvgIpc) is 2.42. The number of hydrogen-bond donors (Lipinski definition) is 1. The van der Waals surface area contributed by atoms with Crippen LogP contribution in [0.1, 0.15) is 25.5 Å². The van der Waals surface area contributed by atoms with Crippen LogP contribution in [0.5, 0.6) is 5.75 Å². The van der Waals surface area contributed by atoms with E-state index in [4.69, 9.17) is 4.74 Å². The van der Waals surface area contributed by atoms with Crippen LogP contribution >= 0.6 is 0 Å². The normalized spacial score (nSPS) is 11.9.